The quantitative estimate of drug-likeness (QED) is 0.593. The summed E-state index contributed by atoms with van der Waals surface area (Å²) in [7, 11) is 1.87. The average Bonchev–Trinajstić information content (AvgIpc) is 2.43. The molecular formula is C8H11N3O2S. The molecule has 1 aromatic heterocycles. The Morgan fingerprint density at radius 2 is 2.36 bits per heavy atom. The van der Waals surface area contributed by atoms with E-state index in [4.69, 9.17) is 5.11 Å². The fraction of sp³-hybridized carbons (Fsp3) is 0.375. The van der Waals surface area contributed by atoms with Gasteiger partial charge in [0.2, 0.25) is 0 Å². The van der Waals surface area contributed by atoms with Gasteiger partial charge in [0.25, 0.3) is 0 Å². The molecule has 6 heteroatoms. The summed E-state index contributed by atoms with van der Waals surface area (Å²) >= 11 is 1.45. The van der Waals surface area contributed by atoms with Gasteiger partial charge in [-0.15, -0.1) is 10.2 Å². The zero-order chi connectivity index (χ0) is 10.6. The van der Waals surface area contributed by atoms with Gasteiger partial charge in [0.05, 0.1) is 0 Å². The van der Waals surface area contributed by atoms with Crippen molar-refractivity contribution in [3.63, 3.8) is 0 Å². The Labute approximate surface area is 85.8 Å². The normalized spacial score (nSPS) is 11.0. The molecular weight excluding hydrogens is 202 g/mol. The second kappa shape index (κ2) is 4.80. The van der Waals surface area contributed by atoms with Gasteiger partial charge in [-0.2, -0.15) is 0 Å². The molecule has 0 amide bonds. The van der Waals surface area contributed by atoms with E-state index < -0.39 is 5.97 Å². The lowest BCUT2D eigenvalue weighted by atomic mass is 10.5. The van der Waals surface area contributed by atoms with Crippen molar-refractivity contribution in [3.05, 3.63) is 18.0 Å². The number of rotatable bonds is 4. The second-order valence-electron chi connectivity index (χ2n) is 2.64. The van der Waals surface area contributed by atoms with Crippen LogP contribution in [0.3, 0.4) is 0 Å². The number of carbonyl (C=O) groups is 1. The second-order valence-corrected chi connectivity index (χ2v) is 3.63. The standard InChI is InChI=1S/C8H11N3O2S/c1-6-9-10-8(11(6)2)14-5-3-4-7(12)13/h3-4H,5H2,1-2H3,(H,12,13). The summed E-state index contributed by atoms with van der Waals surface area (Å²) in [5.41, 5.74) is 0. The van der Waals surface area contributed by atoms with Crippen LogP contribution in [0, 0.1) is 6.92 Å². The van der Waals surface area contributed by atoms with Crippen LogP contribution in [0.4, 0.5) is 0 Å². The molecule has 76 valence electrons. The van der Waals surface area contributed by atoms with Crippen molar-refractivity contribution in [3.8, 4) is 0 Å². The summed E-state index contributed by atoms with van der Waals surface area (Å²) in [6.45, 7) is 1.87. The lowest BCUT2D eigenvalue weighted by Gasteiger charge is -1.97. The van der Waals surface area contributed by atoms with E-state index in [1.807, 2.05) is 18.5 Å². The third-order valence-corrected chi connectivity index (χ3v) is 2.59. The molecule has 1 aromatic rings. The first-order valence-corrected chi connectivity index (χ1v) is 4.98. The Bertz CT molecular complexity index is 359. The number of hydrogen-bond acceptors (Lipinski definition) is 4. The molecule has 0 spiro atoms. The molecule has 0 saturated carbocycles. The van der Waals surface area contributed by atoms with E-state index in [1.54, 1.807) is 6.08 Å². The first-order chi connectivity index (χ1) is 6.61. The third kappa shape index (κ3) is 2.88. The van der Waals surface area contributed by atoms with Gasteiger partial charge < -0.3 is 9.67 Å². The Morgan fingerprint density at radius 1 is 1.64 bits per heavy atom. The van der Waals surface area contributed by atoms with Crippen LogP contribution in [-0.4, -0.2) is 31.6 Å². The summed E-state index contributed by atoms with van der Waals surface area (Å²) in [4.78, 5) is 10.2. The number of aromatic nitrogens is 3. The van der Waals surface area contributed by atoms with Crippen molar-refractivity contribution >= 4 is 17.7 Å². The van der Waals surface area contributed by atoms with Gasteiger partial charge in [-0.05, 0) is 6.92 Å². The van der Waals surface area contributed by atoms with Crippen LogP contribution in [0.2, 0.25) is 0 Å². The number of hydrogen-bond donors (Lipinski definition) is 1. The molecule has 0 fully saturated rings. The lowest BCUT2D eigenvalue weighted by molar-refractivity contribution is -0.131. The summed E-state index contributed by atoms with van der Waals surface area (Å²) in [5.74, 6) is 0.493. The van der Waals surface area contributed by atoms with Crippen LogP contribution < -0.4 is 0 Å². The van der Waals surface area contributed by atoms with Crippen LogP contribution in [0.15, 0.2) is 17.3 Å². The number of aryl methyl sites for hydroxylation is 1. The molecule has 0 aliphatic heterocycles. The van der Waals surface area contributed by atoms with Gasteiger partial charge in [0.15, 0.2) is 5.16 Å². The van der Waals surface area contributed by atoms with Crippen molar-refractivity contribution in [2.45, 2.75) is 12.1 Å². The van der Waals surface area contributed by atoms with E-state index in [0.29, 0.717) is 5.75 Å². The molecule has 5 nitrogen and oxygen atoms in total. The highest BCUT2D eigenvalue weighted by atomic mass is 32.2. The van der Waals surface area contributed by atoms with E-state index in [0.717, 1.165) is 17.1 Å². The van der Waals surface area contributed by atoms with Crippen LogP contribution >= 0.6 is 11.8 Å². The minimum atomic E-state index is -0.931. The molecule has 0 unspecified atom stereocenters. The summed E-state index contributed by atoms with van der Waals surface area (Å²) in [6.07, 6.45) is 2.70. The van der Waals surface area contributed by atoms with Crippen molar-refractivity contribution in [2.24, 2.45) is 7.05 Å². The van der Waals surface area contributed by atoms with E-state index >= 15 is 0 Å². The van der Waals surface area contributed by atoms with E-state index in [1.165, 1.54) is 11.8 Å². The van der Waals surface area contributed by atoms with Gasteiger partial charge in [-0.1, -0.05) is 17.8 Å². The molecule has 14 heavy (non-hydrogen) atoms. The smallest absolute Gasteiger partial charge is 0.328 e. The molecule has 0 atom stereocenters. The van der Waals surface area contributed by atoms with Crippen LogP contribution in [-0.2, 0) is 11.8 Å². The summed E-state index contributed by atoms with van der Waals surface area (Å²) < 4.78 is 1.86. The largest absolute Gasteiger partial charge is 0.478 e. The molecule has 0 aliphatic carbocycles. The third-order valence-electron chi connectivity index (χ3n) is 1.62. The van der Waals surface area contributed by atoms with Gasteiger partial charge >= 0.3 is 5.97 Å². The maximum Gasteiger partial charge on any atom is 0.328 e. The van der Waals surface area contributed by atoms with E-state index in [2.05, 4.69) is 10.2 Å². The highest BCUT2D eigenvalue weighted by Gasteiger charge is 2.03. The minimum Gasteiger partial charge on any atom is -0.478 e. The Kier molecular flexibility index (Phi) is 3.70. The number of nitrogens with zero attached hydrogens (tertiary/aromatic N) is 3. The van der Waals surface area contributed by atoms with Crippen molar-refractivity contribution in [1.82, 2.24) is 14.8 Å². The number of thioether (sulfide) groups is 1. The number of carboxylic acids is 1. The topological polar surface area (TPSA) is 68.0 Å². The fourth-order valence-electron chi connectivity index (χ4n) is 0.785. The van der Waals surface area contributed by atoms with Crippen LogP contribution in [0.1, 0.15) is 5.82 Å². The van der Waals surface area contributed by atoms with Crippen molar-refractivity contribution < 1.29 is 9.90 Å². The number of carboxylic acid groups (broad SMARTS) is 1. The van der Waals surface area contributed by atoms with Crippen LogP contribution in [0.5, 0.6) is 0 Å². The van der Waals surface area contributed by atoms with Gasteiger partial charge in [0, 0.05) is 18.9 Å². The zero-order valence-electron chi connectivity index (χ0n) is 7.97. The molecule has 0 bridgehead atoms. The zero-order valence-corrected chi connectivity index (χ0v) is 8.78. The molecule has 0 aromatic carbocycles. The van der Waals surface area contributed by atoms with Gasteiger partial charge in [-0.3, -0.25) is 0 Å². The predicted molar refractivity (Wildman–Crippen MR) is 53.2 cm³/mol. The fourth-order valence-corrected chi connectivity index (χ4v) is 1.55. The summed E-state index contributed by atoms with van der Waals surface area (Å²) in [5, 5.41) is 16.9. The molecule has 1 N–H and O–H groups in total. The molecule has 1 rings (SSSR count). The van der Waals surface area contributed by atoms with Crippen molar-refractivity contribution in [2.75, 3.05) is 5.75 Å². The molecule has 0 saturated heterocycles. The van der Waals surface area contributed by atoms with Crippen molar-refractivity contribution in [1.29, 1.82) is 0 Å². The molecule has 1 heterocycles. The first kappa shape index (κ1) is 10.8. The Balaban J connectivity index is 2.46. The Hall–Kier alpha value is -1.30. The average molecular weight is 213 g/mol. The van der Waals surface area contributed by atoms with Gasteiger partial charge in [-0.25, -0.2) is 4.79 Å². The monoisotopic (exact) mass is 213 g/mol. The van der Waals surface area contributed by atoms with Gasteiger partial charge in [0.1, 0.15) is 5.82 Å². The number of aliphatic carboxylic acids is 1. The maximum absolute atomic E-state index is 10.2. The highest BCUT2D eigenvalue weighted by Crippen LogP contribution is 2.14. The maximum atomic E-state index is 10.2. The highest BCUT2D eigenvalue weighted by molar-refractivity contribution is 7.99. The Morgan fingerprint density at radius 3 is 2.86 bits per heavy atom. The van der Waals surface area contributed by atoms with Crippen LogP contribution in [0.25, 0.3) is 0 Å². The lowest BCUT2D eigenvalue weighted by Crippen LogP contribution is -1.93. The predicted octanol–water partition coefficient (Wildman–Crippen LogP) is 0.856. The minimum absolute atomic E-state index is 0.582. The van der Waals surface area contributed by atoms with E-state index in [-0.39, 0.29) is 0 Å². The molecule has 0 radical (unpaired) electrons. The SMILES string of the molecule is Cc1nnc(SCC=CC(=O)O)n1C. The first-order valence-electron chi connectivity index (χ1n) is 3.99. The van der Waals surface area contributed by atoms with E-state index in [9.17, 15) is 4.79 Å². The molecule has 0 aliphatic rings. The summed E-state index contributed by atoms with van der Waals surface area (Å²) in [6, 6.07) is 0.